The maximum absolute atomic E-state index is 14.7. The number of aliphatic hydroxyl groups is 1. The number of carbonyl (C=O) groups is 2. The first-order valence-electron chi connectivity index (χ1n) is 14.4. The Bertz CT molecular complexity index is 2170. The predicted molar refractivity (Wildman–Crippen MR) is 171 cm³/mol. The lowest BCUT2D eigenvalue weighted by Crippen LogP contribution is -2.43. The molecule has 0 bridgehead atoms. The second-order valence-electron chi connectivity index (χ2n) is 11.5. The Hall–Kier alpha value is -4.92. The minimum absolute atomic E-state index is 0.0351. The second kappa shape index (κ2) is 12.5. The monoisotopic (exact) mass is 717 g/mol. The van der Waals surface area contributed by atoms with Gasteiger partial charge in [-0.05, 0) is 55.0 Å². The zero-order chi connectivity index (χ0) is 35.4. The Kier molecular flexibility index (Phi) is 8.67. The highest BCUT2D eigenvalue weighted by Gasteiger charge is 2.46. The number of primary amides is 1. The molecular formula is C33H25Cl2F4N5O5. The van der Waals surface area contributed by atoms with Crippen LogP contribution in [0, 0.1) is 11.6 Å². The van der Waals surface area contributed by atoms with Crippen molar-refractivity contribution in [1.82, 2.24) is 20.1 Å². The molecule has 2 aromatic heterocycles. The van der Waals surface area contributed by atoms with Crippen LogP contribution in [-0.2, 0) is 15.8 Å². The number of hydrogen-bond donors (Lipinski definition) is 3. The summed E-state index contributed by atoms with van der Waals surface area (Å²) in [7, 11) is 1.28. The van der Waals surface area contributed by atoms with Gasteiger partial charge in [-0.1, -0.05) is 35.3 Å². The highest BCUT2D eigenvalue weighted by Crippen LogP contribution is 2.48. The summed E-state index contributed by atoms with van der Waals surface area (Å²) in [6.07, 6.45) is 1.04. The molecule has 0 radical (unpaired) electrons. The minimum atomic E-state index is -2.94. The Balaban J connectivity index is 1.50. The molecule has 1 aliphatic rings. The van der Waals surface area contributed by atoms with Crippen LogP contribution in [0.5, 0.6) is 11.5 Å². The summed E-state index contributed by atoms with van der Waals surface area (Å²) < 4.78 is 67.2. The van der Waals surface area contributed by atoms with E-state index in [4.69, 9.17) is 38.4 Å². The number of pyridine rings is 1. The van der Waals surface area contributed by atoms with Gasteiger partial charge in [0.1, 0.15) is 52.0 Å². The Morgan fingerprint density at radius 1 is 1.16 bits per heavy atom. The Labute approximate surface area is 285 Å². The van der Waals surface area contributed by atoms with Gasteiger partial charge in [0.2, 0.25) is 5.91 Å². The van der Waals surface area contributed by atoms with E-state index in [0.29, 0.717) is 4.68 Å². The average molecular weight is 718 g/mol. The van der Waals surface area contributed by atoms with E-state index in [0.717, 1.165) is 24.4 Å². The van der Waals surface area contributed by atoms with Gasteiger partial charge in [-0.2, -0.15) is 13.9 Å². The number of ether oxygens (including phenoxy) is 2. The SMILES string of the molecule is COc1cc(C(=O)NC[C@@](O)(c2cccc(F)c2)c2cc3c(c(-c4ccc(F)c(Cl)c4Cl)n2)OC[C@]3(C)C(N)=O)cc2cn(C(F)F)nc12. The third kappa shape index (κ3) is 5.79. The number of nitrogens with two attached hydrogens (primary N) is 1. The molecule has 3 heterocycles. The molecule has 1 aliphatic heterocycles. The molecule has 3 aromatic carbocycles. The number of amides is 2. The summed E-state index contributed by atoms with van der Waals surface area (Å²) >= 11 is 12.6. The van der Waals surface area contributed by atoms with Gasteiger partial charge < -0.3 is 25.6 Å². The molecule has 2 amide bonds. The molecule has 49 heavy (non-hydrogen) atoms. The van der Waals surface area contributed by atoms with Gasteiger partial charge in [-0.25, -0.2) is 18.4 Å². The van der Waals surface area contributed by atoms with E-state index in [-0.39, 0.29) is 67.7 Å². The van der Waals surface area contributed by atoms with Crippen LogP contribution in [0.2, 0.25) is 10.0 Å². The van der Waals surface area contributed by atoms with Gasteiger partial charge in [-0.15, -0.1) is 0 Å². The van der Waals surface area contributed by atoms with Crippen LogP contribution in [0.3, 0.4) is 0 Å². The topological polar surface area (TPSA) is 142 Å². The van der Waals surface area contributed by atoms with E-state index in [1.165, 1.54) is 50.4 Å². The third-order valence-corrected chi connectivity index (χ3v) is 9.27. The lowest BCUT2D eigenvalue weighted by molar-refractivity contribution is -0.123. The average Bonchev–Trinajstić information content (AvgIpc) is 3.68. The first-order chi connectivity index (χ1) is 23.2. The van der Waals surface area contributed by atoms with Crippen molar-refractivity contribution in [3.63, 3.8) is 0 Å². The summed E-state index contributed by atoms with van der Waals surface area (Å²) in [4.78, 5) is 30.9. The van der Waals surface area contributed by atoms with Crippen LogP contribution in [0.1, 0.15) is 40.7 Å². The van der Waals surface area contributed by atoms with Crippen molar-refractivity contribution in [2.45, 2.75) is 24.5 Å². The number of alkyl halides is 2. The molecule has 0 saturated heterocycles. The summed E-state index contributed by atoms with van der Waals surface area (Å²) in [5, 5.41) is 18.4. The van der Waals surface area contributed by atoms with Crippen molar-refractivity contribution in [3.05, 3.63) is 105 Å². The van der Waals surface area contributed by atoms with Crippen molar-refractivity contribution in [3.8, 4) is 22.8 Å². The molecule has 5 aromatic rings. The van der Waals surface area contributed by atoms with Crippen molar-refractivity contribution in [1.29, 1.82) is 0 Å². The van der Waals surface area contributed by atoms with Gasteiger partial charge in [0.05, 0.1) is 29.4 Å². The van der Waals surface area contributed by atoms with E-state index in [9.17, 15) is 32.3 Å². The molecule has 10 nitrogen and oxygen atoms in total. The summed E-state index contributed by atoms with van der Waals surface area (Å²) in [5.74, 6) is -3.01. The molecule has 0 fully saturated rings. The quantitative estimate of drug-likeness (QED) is 0.128. The van der Waals surface area contributed by atoms with Crippen LogP contribution in [0.25, 0.3) is 22.2 Å². The molecule has 254 valence electrons. The van der Waals surface area contributed by atoms with Gasteiger partial charge in [0, 0.05) is 28.3 Å². The van der Waals surface area contributed by atoms with E-state index in [2.05, 4.69) is 15.4 Å². The second-order valence-corrected chi connectivity index (χ2v) is 12.3. The Morgan fingerprint density at radius 2 is 1.92 bits per heavy atom. The maximum Gasteiger partial charge on any atom is 0.333 e. The smallest absolute Gasteiger partial charge is 0.333 e. The maximum atomic E-state index is 14.7. The highest BCUT2D eigenvalue weighted by atomic mass is 35.5. The first kappa shape index (κ1) is 34.0. The highest BCUT2D eigenvalue weighted by molar-refractivity contribution is 6.43. The fourth-order valence-electron chi connectivity index (χ4n) is 5.60. The van der Waals surface area contributed by atoms with E-state index in [1.807, 2.05) is 0 Å². The third-order valence-electron chi connectivity index (χ3n) is 8.41. The van der Waals surface area contributed by atoms with E-state index < -0.39 is 52.6 Å². The summed E-state index contributed by atoms with van der Waals surface area (Å²) in [5.41, 5.74) is 2.04. The Morgan fingerprint density at radius 3 is 2.59 bits per heavy atom. The minimum Gasteiger partial charge on any atom is -0.494 e. The van der Waals surface area contributed by atoms with Gasteiger partial charge in [0.15, 0.2) is 0 Å². The summed E-state index contributed by atoms with van der Waals surface area (Å²) in [6, 6.07) is 11.2. The number of methoxy groups -OCH3 is 1. The molecule has 2 atom stereocenters. The van der Waals surface area contributed by atoms with Crippen LogP contribution in [-0.4, -0.2) is 51.9 Å². The number of nitrogens with zero attached hydrogens (tertiary/aromatic N) is 3. The number of hydrogen-bond acceptors (Lipinski definition) is 7. The zero-order valence-corrected chi connectivity index (χ0v) is 27.0. The van der Waals surface area contributed by atoms with Crippen LogP contribution < -0.4 is 20.5 Å². The van der Waals surface area contributed by atoms with Crippen molar-refractivity contribution in [2.24, 2.45) is 5.73 Å². The molecule has 16 heteroatoms. The van der Waals surface area contributed by atoms with Crippen LogP contribution in [0.15, 0.2) is 60.8 Å². The van der Waals surface area contributed by atoms with E-state index >= 15 is 0 Å². The predicted octanol–water partition coefficient (Wildman–Crippen LogP) is 5.89. The van der Waals surface area contributed by atoms with Gasteiger partial charge >= 0.3 is 6.55 Å². The molecule has 0 spiro atoms. The molecule has 6 rings (SSSR count). The van der Waals surface area contributed by atoms with Gasteiger partial charge in [0.25, 0.3) is 5.91 Å². The van der Waals surface area contributed by atoms with Crippen LogP contribution >= 0.6 is 23.2 Å². The zero-order valence-electron chi connectivity index (χ0n) is 25.5. The number of benzene rings is 3. The number of halogens is 6. The van der Waals surface area contributed by atoms with E-state index in [1.54, 1.807) is 0 Å². The standard InChI is InChI=1S/C33H25Cl2F4N5O5/c1-32(30(40)46)14-49-28-20(32)11-23(42-27(28)19-6-7-21(37)25(35)24(19)34)33(47,17-4-3-5-18(36)10-17)13-41-29(45)15-8-16-12-44(31(38)39)43-26(16)22(9-15)48-2/h3-12,31,47H,13-14H2,1-2H3,(H2,40,46)(H,41,45)/t32-,33+/m0/s1. The van der Waals surface area contributed by atoms with Gasteiger partial charge in [-0.3, -0.25) is 9.59 Å². The lowest BCUT2D eigenvalue weighted by Gasteiger charge is -2.30. The molecule has 0 saturated carbocycles. The number of carbonyl (C=O) groups excluding carboxylic acids is 2. The molecule has 0 unspecified atom stereocenters. The number of nitrogens with one attached hydrogen (secondary N) is 1. The number of aromatic nitrogens is 3. The fraction of sp³-hybridized carbons (Fsp3) is 0.212. The number of rotatable bonds is 9. The van der Waals surface area contributed by atoms with Crippen LogP contribution in [0.4, 0.5) is 17.6 Å². The van der Waals surface area contributed by atoms with Crippen molar-refractivity contribution >= 4 is 45.9 Å². The number of fused-ring (bicyclic) bond motifs is 2. The largest absolute Gasteiger partial charge is 0.494 e. The van der Waals surface area contributed by atoms with Crippen molar-refractivity contribution < 1.29 is 41.7 Å². The molecule has 4 N–H and O–H groups in total. The fourth-order valence-corrected chi connectivity index (χ4v) is 6.00. The normalized spacial score (nSPS) is 16.7. The first-order valence-corrected chi connectivity index (χ1v) is 15.2. The van der Waals surface area contributed by atoms with Crippen molar-refractivity contribution in [2.75, 3.05) is 20.3 Å². The molecular weight excluding hydrogens is 693 g/mol. The molecule has 0 aliphatic carbocycles. The lowest BCUT2D eigenvalue weighted by atomic mass is 9.80. The summed E-state index contributed by atoms with van der Waals surface area (Å²) in [6.45, 7) is -2.29.